The molecule has 9 heteroatoms. The first kappa shape index (κ1) is 17.1. The Morgan fingerprint density at radius 2 is 1.96 bits per heavy atom. The van der Waals surface area contributed by atoms with Gasteiger partial charge in [-0.15, -0.1) is 13.2 Å². The van der Waals surface area contributed by atoms with E-state index in [1.807, 2.05) is 7.05 Å². The van der Waals surface area contributed by atoms with Crippen LogP contribution < -0.4 is 15.0 Å². The highest BCUT2D eigenvalue weighted by molar-refractivity contribution is 5.95. The van der Waals surface area contributed by atoms with E-state index in [0.717, 1.165) is 31.9 Å². The Balaban J connectivity index is 2.26. The lowest BCUT2D eigenvalue weighted by molar-refractivity contribution is -0.274. The van der Waals surface area contributed by atoms with Crippen LogP contribution in [0, 0.1) is 5.41 Å². The Morgan fingerprint density at radius 3 is 2.52 bits per heavy atom. The van der Waals surface area contributed by atoms with E-state index in [1.165, 1.54) is 12.1 Å². The number of piperazine rings is 1. The topological polar surface area (TPSA) is 64.0 Å². The van der Waals surface area contributed by atoms with Crippen LogP contribution in [-0.2, 0) is 0 Å². The van der Waals surface area contributed by atoms with Crippen molar-refractivity contribution in [2.45, 2.75) is 6.36 Å². The molecule has 0 spiro atoms. The van der Waals surface area contributed by atoms with Crippen molar-refractivity contribution < 1.29 is 17.9 Å². The van der Waals surface area contributed by atoms with Crippen LogP contribution in [0.3, 0.4) is 0 Å². The molecule has 1 aromatic carbocycles. The first-order chi connectivity index (χ1) is 10.8. The third kappa shape index (κ3) is 4.85. The lowest BCUT2D eigenvalue weighted by Gasteiger charge is -2.34. The van der Waals surface area contributed by atoms with Gasteiger partial charge >= 0.3 is 6.36 Å². The molecule has 1 aliphatic rings. The van der Waals surface area contributed by atoms with Gasteiger partial charge in [0.1, 0.15) is 0 Å². The van der Waals surface area contributed by atoms with Gasteiger partial charge in [-0.1, -0.05) is 0 Å². The van der Waals surface area contributed by atoms with Gasteiger partial charge in [0, 0.05) is 31.9 Å². The summed E-state index contributed by atoms with van der Waals surface area (Å²) in [4.78, 5) is 7.58. The predicted molar refractivity (Wildman–Crippen MR) is 83.7 cm³/mol. The van der Waals surface area contributed by atoms with Crippen molar-refractivity contribution in [1.29, 1.82) is 5.41 Å². The molecule has 1 aliphatic heterocycles. The molecular weight excluding hydrogens is 311 g/mol. The van der Waals surface area contributed by atoms with Gasteiger partial charge in [0.05, 0.1) is 5.69 Å². The average Bonchev–Trinajstić information content (AvgIpc) is 2.48. The van der Waals surface area contributed by atoms with Gasteiger partial charge < -0.3 is 19.9 Å². The molecule has 0 atom stereocenters. The fraction of sp³-hybridized carbons (Fsp3) is 0.429. The molecule has 0 amide bonds. The quantitative estimate of drug-likeness (QED) is 0.660. The first-order valence-electron chi connectivity index (χ1n) is 6.94. The van der Waals surface area contributed by atoms with Gasteiger partial charge in [-0.05, 0) is 32.0 Å². The largest absolute Gasteiger partial charge is 0.573 e. The molecule has 2 N–H and O–H groups in total. The van der Waals surface area contributed by atoms with Crippen molar-refractivity contribution >= 4 is 24.1 Å². The first-order valence-corrected chi connectivity index (χ1v) is 6.94. The van der Waals surface area contributed by atoms with Gasteiger partial charge in [0.2, 0.25) is 5.96 Å². The smallest absolute Gasteiger partial charge is 0.404 e. The number of aliphatic imine (C=N–C) groups is 1. The zero-order valence-corrected chi connectivity index (χ0v) is 12.7. The van der Waals surface area contributed by atoms with Crippen LogP contribution in [0.25, 0.3) is 0 Å². The molecule has 126 valence electrons. The van der Waals surface area contributed by atoms with E-state index in [1.54, 1.807) is 6.07 Å². The summed E-state index contributed by atoms with van der Waals surface area (Å²) in [6.45, 7) is 6.44. The maximum atomic E-state index is 12.5. The highest BCUT2D eigenvalue weighted by Gasteiger charge is 2.32. The van der Waals surface area contributed by atoms with E-state index >= 15 is 0 Å². The summed E-state index contributed by atoms with van der Waals surface area (Å²) in [6.07, 6.45) is -4.81. The van der Waals surface area contributed by atoms with E-state index in [9.17, 15) is 13.2 Å². The zero-order valence-electron chi connectivity index (χ0n) is 12.7. The van der Waals surface area contributed by atoms with Crippen molar-refractivity contribution in [1.82, 2.24) is 4.90 Å². The van der Waals surface area contributed by atoms with E-state index in [-0.39, 0.29) is 11.6 Å². The van der Waals surface area contributed by atoms with Crippen molar-refractivity contribution in [2.24, 2.45) is 4.99 Å². The lowest BCUT2D eigenvalue weighted by atomic mass is 10.2. The summed E-state index contributed by atoms with van der Waals surface area (Å²) in [7, 11) is 2.02. The molecule has 2 rings (SSSR count). The summed E-state index contributed by atoms with van der Waals surface area (Å²) in [6, 6.07) is 4.33. The van der Waals surface area contributed by atoms with Gasteiger partial charge in [-0.25, -0.2) is 4.99 Å². The minimum Gasteiger partial charge on any atom is -0.404 e. The van der Waals surface area contributed by atoms with Crippen LogP contribution in [0.4, 0.5) is 24.5 Å². The fourth-order valence-corrected chi connectivity index (χ4v) is 2.26. The summed E-state index contributed by atoms with van der Waals surface area (Å²) >= 11 is 0. The number of likely N-dealkylation sites (N-methyl/N-ethyl adjacent to an activating group) is 1. The van der Waals surface area contributed by atoms with Crippen molar-refractivity contribution in [3.63, 3.8) is 0 Å². The molecule has 0 unspecified atom stereocenters. The summed E-state index contributed by atoms with van der Waals surface area (Å²) < 4.78 is 41.4. The number of anilines is 2. The number of nitrogens with zero attached hydrogens (tertiary/aromatic N) is 3. The Bertz CT molecular complexity index is 582. The summed E-state index contributed by atoms with van der Waals surface area (Å²) in [5, 5.41) is 9.91. The maximum absolute atomic E-state index is 12.5. The number of alkyl halides is 3. The zero-order chi connectivity index (χ0) is 17.0. The average molecular weight is 329 g/mol. The fourth-order valence-electron chi connectivity index (χ4n) is 2.26. The van der Waals surface area contributed by atoms with Crippen LogP contribution in [0.2, 0.25) is 0 Å². The normalized spacial score (nSPS) is 16.1. The molecule has 0 aliphatic carbocycles. The number of ether oxygens (including phenoxy) is 1. The summed E-state index contributed by atoms with van der Waals surface area (Å²) in [5.74, 6) is -0.767. The van der Waals surface area contributed by atoms with E-state index in [0.29, 0.717) is 0 Å². The molecule has 0 radical (unpaired) electrons. The molecule has 23 heavy (non-hydrogen) atoms. The molecule has 6 nitrogen and oxygen atoms in total. The molecule has 0 aromatic heterocycles. The number of hydrogen-bond acceptors (Lipinski definition) is 4. The number of guanidine groups is 1. The molecule has 0 saturated carbocycles. The summed E-state index contributed by atoms with van der Waals surface area (Å²) in [5.41, 5.74) is 0.781. The molecular formula is C14H18F3N5O. The molecule has 1 heterocycles. The Labute approximate surface area is 132 Å². The second kappa shape index (κ2) is 6.86. The van der Waals surface area contributed by atoms with E-state index < -0.39 is 12.1 Å². The second-order valence-electron chi connectivity index (χ2n) is 5.15. The number of nitrogens with one attached hydrogen (secondary N) is 2. The standard InChI is InChI=1S/C14H18F3N5O/c1-19-13(18)20-11-9-10(22-7-5-21(2)6-8-22)3-4-12(11)23-14(15,16)17/h3-4,9H,1,5-8H2,2H3,(H2,18,20). The second-order valence-corrected chi connectivity index (χ2v) is 5.15. The van der Waals surface area contributed by atoms with E-state index in [2.05, 4.69) is 31.6 Å². The van der Waals surface area contributed by atoms with Gasteiger partial charge in [0.25, 0.3) is 0 Å². The van der Waals surface area contributed by atoms with Gasteiger partial charge in [-0.3, -0.25) is 5.41 Å². The molecule has 1 aromatic rings. The van der Waals surface area contributed by atoms with Crippen LogP contribution >= 0.6 is 0 Å². The van der Waals surface area contributed by atoms with Crippen LogP contribution in [-0.4, -0.2) is 57.2 Å². The number of rotatable bonds is 3. The molecule has 0 bridgehead atoms. The highest BCUT2D eigenvalue weighted by Crippen LogP contribution is 2.34. The predicted octanol–water partition coefficient (Wildman–Crippen LogP) is 2.38. The maximum Gasteiger partial charge on any atom is 0.573 e. The van der Waals surface area contributed by atoms with Crippen molar-refractivity contribution in [2.75, 3.05) is 43.4 Å². The minimum absolute atomic E-state index is 0.0242. The highest BCUT2D eigenvalue weighted by atomic mass is 19.4. The SMILES string of the molecule is C=NC(=N)Nc1cc(N2CCN(C)CC2)ccc1OC(F)(F)F. The van der Waals surface area contributed by atoms with Crippen LogP contribution in [0.5, 0.6) is 5.75 Å². The minimum atomic E-state index is -4.81. The molecule has 1 fully saturated rings. The Hall–Kier alpha value is -2.29. The van der Waals surface area contributed by atoms with Gasteiger partial charge in [0.15, 0.2) is 5.75 Å². The monoisotopic (exact) mass is 329 g/mol. The van der Waals surface area contributed by atoms with E-state index in [4.69, 9.17) is 5.41 Å². The Kier molecular flexibility index (Phi) is 5.09. The van der Waals surface area contributed by atoms with Crippen molar-refractivity contribution in [3.8, 4) is 5.75 Å². The molecule has 1 saturated heterocycles. The van der Waals surface area contributed by atoms with Crippen molar-refractivity contribution in [3.05, 3.63) is 18.2 Å². The number of halogens is 3. The van der Waals surface area contributed by atoms with Gasteiger partial charge in [-0.2, -0.15) is 0 Å². The number of hydrogen-bond donors (Lipinski definition) is 2. The lowest BCUT2D eigenvalue weighted by Crippen LogP contribution is -2.44. The third-order valence-electron chi connectivity index (χ3n) is 3.47. The Morgan fingerprint density at radius 1 is 1.30 bits per heavy atom. The third-order valence-corrected chi connectivity index (χ3v) is 3.47. The number of benzene rings is 1. The van der Waals surface area contributed by atoms with Crippen LogP contribution in [0.15, 0.2) is 23.2 Å². The van der Waals surface area contributed by atoms with Crippen LogP contribution in [0.1, 0.15) is 0 Å².